The van der Waals surface area contributed by atoms with Crippen LogP contribution in [0.15, 0.2) is 11.1 Å². The fourth-order valence-corrected chi connectivity index (χ4v) is 3.44. The average Bonchev–Trinajstić information content (AvgIpc) is 2.61. The zero-order chi connectivity index (χ0) is 13.1. The maximum Gasteiger partial charge on any atom is 0.244 e. The van der Waals surface area contributed by atoms with E-state index in [-0.39, 0.29) is 10.9 Å². The molecule has 2 unspecified atom stereocenters. The molecule has 98 valence electrons. The minimum atomic E-state index is -3.54. The summed E-state index contributed by atoms with van der Waals surface area (Å²) in [6.45, 7) is 3.40. The normalized spacial score (nSPS) is 15.7. The van der Waals surface area contributed by atoms with Gasteiger partial charge in [0.05, 0.1) is 11.9 Å². The first-order valence-electron chi connectivity index (χ1n) is 5.15. The Morgan fingerprint density at radius 2 is 2.24 bits per heavy atom. The van der Waals surface area contributed by atoms with E-state index >= 15 is 0 Å². The number of aromatic nitrogens is 2. The van der Waals surface area contributed by atoms with E-state index < -0.39 is 20.8 Å². The smallest absolute Gasteiger partial charge is 0.244 e. The molecule has 0 aliphatic rings. The molecule has 0 radical (unpaired) electrons. The Morgan fingerprint density at radius 1 is 1.59 bits per heavy atom. The Labute approximate surface area is 104 Å². The van der Waals surface area contributed by atoms with Crippen LogP contribution in [-0.2, 0) is 20.8 Å². The van der Waals surface area contributed by atoms with Gasteiger partial charge >= 0.3 is 0 Å². The van der Waals surface area contributed by atoms with Crippen molar-refractivity contribution in [1.82, 2.24) is 14.9 Å². The van der Waals surface area contributed by atoms with Crippen molar-refractivity contribution >= 4 is 20.8 Å². The molecule has 0 aromatic carbocycles. The molecule has 1 heterocycles. The highest BCUT2D eigenvalue weighted by molar-refractivity contribution is 7.89. The van der Waals surface area contributed by atoms with Gasteiger partial charge in [0.15, 0.2) is 0 Å². The van der Waals surface area contributed by atoms with Crippen LogP contribution in [0.1, 0.15) is 19.0 Å². The molecule has 6 nitrogen and oxygen atoms in total. The minimum Gasteiger partial charge on any atom is -0.281 e. The third kappa shape index (κ3) is 4.21. The van der Waals surface area contributed by atoms with E-state index in [9.17, 15) is 12.6 Å². The summed E-state index contributed by atoms with van der Waals surface area (Å²) < 4.78 is 37.3. The van der Waals surface area contributed by atoms with E-state index in [0.29, 0.717) is 17.9 Å². The van der Waals surface area contributed by atoms with Crippen molar-refractivity contribution in [1.29, 1.82) is 0 Å². The number of nitrogens with one attached hydrogen (secondary N) is 2. The van der Waals surface area contributed by atoms with E-state index in [4.69, 9.17) is 0 Å². The molecule has 1 aromatic heterocycles. The summed E-state index contributed by atoms with van der Waals surface area (Å²) in [5.41, 5.74) is 0.503. The number of nitrogens with zero attached hydrogens (tertiary/aromatic N) is 1. The summed E-state index contributed by atoms with van der Waals surface area (Å²) in [4.78, 5) is 0.155. The fraction of sp³-hybridized carbons (Fsp3) is 0.667. The standard InChI is InChI=1S/C9H17N3O3S2/c1-7(4-5-16(3)13)12-17(14,15)9-6-10-11-8(9)2/h6-7,12H,4-5H2,1-3H3,(H,10,11). The minimum absolute atomic E-state index is 0.155. The summed E-state index contributed by atoms with van der Waals surface area (Å²) in [7, 11) is -4.45. The molecular weight excluding hydrogens is 262 g/mol. The highest BCUT2D eigenvalue weighted by Crippen LogP contribution is 2.11. The molecule has 2 N–H and O–H groups in total. The number of aromatic amines is 1. The SMILES string of the molecule is Cc1[nH]ncc1S(=O)(=O)NC(C)CCS(C)=O. The Balaban J connectivity index is 2.68. The quantitative estimate of drug-likeness (QED) is 0.775. The van der Waals surface area contributed by atoms with E-state index in [1.807, 2.05) is 0 Å². The van der Waals surface area contributed by atoms with Crippen LogP contribution in [0, 0.1) is 6.92 Å². The molecular formula is C9H17N3O3S2. The van der Waals surface area contributed by atoms with E-state index in [2.05, 4.69) is 14.9 Å². The third-order valence-corrected chi connectivity index (χ3v) is 4.78. The van der Waals surface area contributed by atoms with Crippen LogP contribution in [0.3, 0.4) is 0 Å². The van der Waals surface area contributed by atoms with Gasteiger partial charge in [-0.1, -0.05) is 0 Å². The Bertz CT molecular complexity index is 495. The van der Waals surface area contributed by atoms with Crippen molar-refractivity contribution < 1.29 is 12.6 Å². The van der Waals surface area contributed by atoms with Gasteiger partial charge in [0.2, 0.25) is 10.0 Å². The summed E-state index contributed by atoms with van der Waals surface area (Å²) in [5.74, 6) is 0.480. The molecule has 0 saturated heterocycles. The first-order chi connectivity index (χ1) is 7.83. The molecule has 0 saturated carbocycles. The number of hydrogen-bond donors (Lipinski definition) is 2. The summed E-state index contributed by atoms with van der Waals surface area (Å²) >= 11 is 0. The molecule has 17 heavy (non-hydrogen) atoms. The van der Waals surface area contributed by atoms with Gasteiger partial charge < -0.3 is 0 Å². The number of hydrogen-bond acceptors (Lipinski definition) is 4. The van der Waals surface area contributed by atoms with E-state index in [1.165, 1.54) is 6.20 Å². The lowest BCUT2D eigenvalue weighted by Gasteiger charge is -2.12. The van der Waals surface area contributed by atoms with Crippen molar-refractivity contribution in [2.45, 2.75) is 31.2 Å². The maximum absolute atomic E-state index is 11.9. The van der Waals surface area contributed by atoms with Gasteiger partial charge in [-0.05, 0) is 20.3 Å². The van der Waals surface area contributed by atoms with Gasteiger partial charge in [0.1, 0.15) is 4.90 Å². The second-order valence-corrected chi connectivity index (χ2v) is 7.18. The summed E-state index contributed by atoms with van der Waals surface area (Å²) in [6, 6.07) is -0.252. The molecule has 2 atom stereocenters. The van der Waals surface area contributed by atoms with Crippen molar-refractivity contribution in [2.24, 2.45) is 0 Å². The number of sulfonamides is 1. The van der Waals surface area contributed by atoms with Gasteiger partial charge in [-0.15, -0.1) is 0 Å². The maximum atomic E-state index is 11.9. The Kier molecular flexibility index (Phi) is 4.84. The van der Waals surface area contributed by atoms with Crippen LogP contribution in [0.25, 0.3) is 0 Å². The van der Waals surface area contributed by atoms with Crippen LogP contribution in [0.2, 0.25) is 0 Å². The zero-order valence-electron chi connectivity index (χ0n) is 10.1. The van der Waals surface area contributed by atoms with Crippen LogP contribution in [0.4, 0.5) is 0 Å². The molecule has 0 aliphatic heterocycles. The number of H-pyrrole nitrogens is 1. The molecule has 1 rings (SSSR count). The van der Waals surface area contributed by atoms with Crippen molar-refractivity contribution in [3.63, 3.8) is 0 Å². The van der Waals surface area contributed by atoms with E-state index in [0.717, 1.165) is 0 Å². The molecule has 8 heteroatoms. The van der Waals surface area contributed by atoms with Gasteiger partial charge in [0, 0.05) is 28.9 Å². The van der Waals surface area contributed by atoms with Gasteiger partial charge in [-0.2, -0.15) is 5.10 Å². The van der Waals surface area contributed by atoms with E-state index in [1.54, 1.807) is 20.1 Å². The lowest BCUT2D eigenvalue weighted by atomic mass is 10.3. The molecule has 0 aliphatic carbocycles. The second-order valence-electron chi connectivity index (χ2n) is 3.95. The largest absolute Gasteiger partial charge is 0.281 e. The fourth-order valence-electron chi connectivity index (χ4n) is 1.34. The number of rotatable bonds is 6. The van der Waals surface area contributed by atoms with Crippen LogP contribution in [-0.4, -0.2) is 40.9 Å². The van der Waals surface area contributed by atoms with Crippen molar-refractivity contribution in [3.8, 4) is 0 Å². The predicted molar refractivity (Wildman–Crippen MR) is 66.7 cm³/mol. The van der Waals surface area contributed by atoms with Crippen LogP contribution >= 0.6 is 0 Å². The second kappa shape index (κ2) is 5.74. The van der Waals surface area contributed by atoms with Crippen LogP contribution < -0.4 is 4.72 Å². The average molecular weight is 279 g/mol. The highest BCUT2D eigenvalue weighted by atomic mass is 32.2. The third-order valence-electron chi connectivity index (χ3n) is 2.27. The Hall–Kier alpha value is -0.730. The summed E-state index contributed by atoms with van der Waals surface area (Å²) in [6.07, 6.45) is 3.42. The lowest BCUT2D eigenvalue weighted by Crippen LogP contribution is -2.33. The topological polar surface area (TPSA) is 91.9 Å². The monoisotopic (exact) mass is 279 g/mol. The van der Waals surface area contributed by atoms with Crippen LogP contribution in [0.5, 0.6) is 0 Å². The zero-order valence-corrected chi connectivity index (χ0v) is 11.7. The van der Waals surface area contributed by atoms with Crippen molar-refractivity contribution in [3.05, 3.63) is 11.9 Å². The molecule has 0 amide bonds. The van der Waals surface area contributed by atoms with Gasteiger partial charge in [-0.3, -0.25) is 9.31 Å². The predicted octanol–water partition coefficient (Wildman–Crippen LogP) is 0.154. The highest BCUT2D eigenvalue weighted by Gasteiger charge is 2.20. The molecule has 0 spiro atoms. The Morgan fingerprint density at radius 3 is 2.71 bits per heavy atom. The molecule has 0 bridgehead atoms. The lowest BCUT2D eigenvalue weighted by molar-refractivity contribution is 0.555. The summed E-state index contributed by atoms with van der Waals surface area (Å²) in [5, 5.41) is 6.26. The molecule has 0 fully saturated rings. The van der Waals surface area contributed by atoms with Gasteiger partial charge in [0.25, 0.3) is 0 Å². The number of aryl methyl sites for hydroxylation is 1. The first-order valence-corrected chi connectivity index (χ1v) is 8.36. The van der Waals surface area contributed by atoms with Gasteiger partial charge in [-0.25, -0.2) is 13.1 Å². The molecule has 1 aromatic rings. The first kappa shape index (κ1) is 14.3. The van der Waals surface area contributed by atoms with Crippen molar-refractivity contribution in [2.75, 3.05) is 12.0 Å².